The van der Waals surface area contributed by atoms with Gasteiger partial charge in [0.25, 0.3) is 5.56 Å². The average Bonchev–Trinajstić information content (AvgIpc) is 2.90. The summed E-state index contributed by atoms with van der Waals surface area (Å²) in [6, 6.07) is 3.17. The zero-order valence-electron chi connectivity index (χ0n) is 11.1. The number of hydrogen-bond donors (Lipinski definition) is 0. The molecule has 1 aromatic carbocycles. The highest BCUT2D eigenvalue weighted by atomic mass is 35.5. The molecule has 2 aromatic heterocycles. The Labute approximate surface area is 135 Å². The largest absolute Gasteiger partial charge is 0.293 e. The van der Waals surface area contributed by atoms with Crippen molar-refractivity contribution in [3.63, 3.8) is 0 Å². The minimum Gasteiger partial charge on any atom is -0.293 e. The van der Waals surface area contributed by atoms with Gasteiger partial charge in [-0.2, -0.15) is 0 Å². The molecule has 4 nitrogen and oxygen atoms in total. The van der Waals surface area contributed by atoms with Crippen molar-refractivity contribution >= 4 is 45.4 Å². The Morgan fingerprint density at radius 2 is 2.14 bits per heavy atom. The first kappa shape index (κ1) is 14.5. The van der Waals surface area contributed by atoms with Gasteiger partial charge in [-0.15, -0.1) is 11.3 Å². The molecule has 0 saturated heterocycles. The lowest BCUT2D eigenvalue weighted by Crippen LogP contribution is -2.21. The van der Waals surface area contributed by atoms with Gasteiger partial charge in [0.2, 0.25) is 0 Å². The number of rotatable bonds is 3. The Hall–Kier alpha value is -1.43. The molecule has 2 heterocycles. The minimum atomic E-state index is -0.171. The summed E-state index contributed by atoms with van der Waals surface area (Å²) in [6.45, 7) is 2.44. The van der Waals surface area contributed by atoms with Crippen LogP contribution in [0.15, 0.2) is 28.6 Å². The second-order valence-corrected chi connectivity index (χ2v) is 6.33. The zero-order chi connectivity index (χ0) is 15.0. The standard InChI is InChI=1S/C14H11Cl2N3OS/c1-2-12-18-9(6-21-12)5-19-7-17-13-10(14(19)20)3-8(15)4-11(13)16/h3-4,6-7H,2,5H2,1H3. The van der Waals surface area contributed by atoms with Gasteiger partial charge in [0.05, 0.1) is 39.5 Å². The Bertz CT molecular complexity index is 872. The van der Waals surface area contributed by atoms with Crippen LogP contribution in [0, 0.1) is 0 Å². The monoisotopic (exact) mass is 339 g/mol. The van der Waals surface area contributed by atoms with Gasteiger partial charge in [-0.3, -0.25) is 9.36 Å². The third-order valence-electron chi connectivity index (χ3n) is 3.08. The summed E-state index contributed by atoms with van der Waals surface area (Å²) in [6.07, 6.45) is 2.39. The zero-order valence-corrected chi connectivity index (χ0v) is 13.5. The van der Waals surface area contributed by atoms with Gasteiger partial charge in [-0.05, 0) is 18.6 Å². The van der Waals surface area contributed by atoms with E-state index in [2.05, 4.69) is 16.9 Å². The molecule has 21 heavy (non-hydrogen) atoms. The summed E-state index contributed by atoms with van der Waals surface area (Å²) < 4.78 is 1.52. The first-order chi connectivity index (χ1) is 10.1. The van der Waals surface area contributed by atoms with Crippen LogP contribution in [0.4, 0.5) is 0 Å². The van der Waals surface area contributed by atoms with Gasteiger partial charge in [0.15, 0.2) is 0 Å². The Kier molecular flexibility index (Phi) is 3.97. The van der Waals surface area contributed by atoms with Crippen molar-refractivity contribution < 1.29 is 0 Å². The summed E-state index contributed by atoms with van der Waals surface area (Å²) in [5, 5.41) is 4.23. The summed E-state index contributed by atoms with van der Waals surface area (Å²) in [5.41, 5.74) is 1.15. The van der Waals surface area contributed by atoms with Crippen LogP contribution in [0.1, 0.15) is 17.6 Å². The van der Waals surface area contributed by atoms with Crippen molar-refractivity contribution in [2.24, 2.45) is 0 Å². The predicted molar refractivity (Wildman–Crippen MR) is 86.6 cm³/mol. The van der Waals surface area contributed by atoms with Crippen molar-refractivity contribution in [3.8, 4) is 0 Å². The van der Waals surface area contributed by atoms with Gasteiger partial charge in [-0.1, -0.05) is 30.1 Å². The quantitative estimate of drug-likeness (QED) is 0.729. The van der Waals surface area contributed by atoms with Gasteiger partial charge in [-0.25, -0.2) is 9.97 Å². The van der Waals surface area contributed by atoms with Crippen LogP contribution in [0.3, 0.4) is 0 Å². The van der Waals surface area contributed by atoms with Crippen molar-refractivity contribution in [2.45, 2.75) is 19.9 Å². The van der Waals surface area contributed by atoms with E-state index < -0.39 is 0 Å². The fourth-order valence-corrected chi connectivity index (χ4v) is 3.34. The molecular formula is C14H11Cl2N3OS. The van der Waals surface area contributed by atoms with E-state index in [0.29, 0.717) is 27.5 Å². The molecule has 0 aliphatic rings. The van der Waals surface area contributed by atoms with Gasteiger partial charge < -0.3 is 0 Å². The van der Waals surface area contributed by atoms with Gasteiger partial charge in [0.1, 0.15) is 0 Å². The second kappa shape index (κ2) is 5.75. The van der Waals surface area contributed by atoms with Crippen molar-refractivity contribution in [1.82, 2.24) is 14.5 Å². The van der Waals surface area contributed by atoms with Crippen LogP contribution in [0.2, 0.25) is 10.0 Å². The van der Waals surface area contributed by atoms with Crippen LogP contribution in [-0.4, -0.2) is 14.5 Å². The SMILES string of the molecule is CCc1nc(Cn2cnc3c(Cl)cc(Cl)cc3c2=O)cs1. The second-order valence-electron chi connectivity index (χ2n) is 4.55. The van der Waals surface area contributed by atoms with Crippen LogP contribution >= 0.6 is 34.5 Å². The van der Waals surface area contributed by atoms with E-state index in [0.717, 1.165) is 17.1 Å². The molecular weight excluding hydrogens is 329 g/mol. The fraction of sp³-hybridized carbons (Fsp3) is 0.214. The fourth-order valence-electron chi connectivity index (χ4n) is 2.07. The molecule has 0 radical (unpaired) electrons. The van der Waals surface area contributed by atoms with E-state index in [9.17, 15) is 4.79 Å². The van der Waals surface area contributed by atoms with Crippen molar-refractivity contribution in [2.75, 3.05) is 0 Å². The maximum absolute atomic E-state index is 12.5. The van der Waals surface area contributed by atoms with E-state index in [1.807, 2.05) is 5.38 Å². The number of thiazole rings is 1. The van der Waals surface area contributed by atoms with E-state index in [4.69, 9.17) is 23.2 Å². The van der Waals surface area contributed by atoms with Crippen molar-refractivity contribution in [3.05, 3.63) is 54.9 Å². The number of benzene rings is 1. The summed E-state index contributed by atoms with van der Waals surface area (Å²) in [7, 11) is 0. The highest BCUT2D eigenvalue weighted by Gasteiger charge is 2.10. The maximum atomic E-state index is 12.5. The van der Waals surface area contributed by atoms with E-state index in [1.54, 1.807) is 23.5 Å². The maximum Gasteiger partial charge on any atom is 0.261 e. The number of aromatic nitrogens is 3. The molecule has 0 spiro atoms. The van der Waals surface area contributed by atoms with E-state index in [-0.39, 0.29) is 5.56 Å². The normalized spacial score (nSPS) is 11.2. The molecule has 0 aliphatic carbocycles. The predicted octanol–water partition coefficient (Wildman–Crippen LogP) is 3.77. The molecule has 0 N–H and O–H groups in total. The third kappa shape index (κ3) is 2.81. The lowest BCUT2D eigenvalue weighted by atomic mass is 10.2. The lowest BCUT2D eigenvalue weighted by Gasteiger charge is -2.06. The molecule has 0 saturated carbocycles. The smallest absolute Gasteiger partial charge is 0.261 e. The average molecular weight is 340 g/mol. The molecule has 3 rings (SSSR count). The number of aryl methyl sites for hydroxylation is 1. The van der Waals surface area contributed by atoms with Gasteiger partial charge in [0, 0.05) is 10.4 Å². The molecule has 0 atom stereocenters. The molecule has 3 aromatic rings. The minimum absolute atomic E-state index is 0.171. The molecule has 0 unspecified atom stereocenters. The first-order valence-electron chi connectivity index (χ1n) is 6.36. The topological polar surface area (TPSA) is 47.8 Å². The first-order valence-corrected chi connectivity index (χ1v) is 7.99. The van der Waals surface area contributed by atoms with Gasteiger partial charge >= 0.3 is 0 Å². The molecule has 0 aliphatic heterocycles. The summed E-state index contributed by atoms with van der Waals surface area (Å²) >= 11 is 13.6. The third-order valence-corrected chi connectivity index (χ3v) is 4.63. The summed E-state index contributed by atoms with van der Waals surface area (Å²) in [4.78, 5) is 21.2. The van der Waals surface area contributed by atoms with Crippen molar-refractivity contribution in [1.29, 1.82) is 0 Å². The molecule has 108 valence electrons. The molecule has 7 heteroatoms. The van der Waals surface area contributed by atoms with Crippen LogP contribution in [0.25, 0.3) is 10.9 Å². The highest BCUT2D eigenvalue weighted by molar-refractivity contribution is 7.09. The Balaban J connectivity index is 2.07. The van der Waals surface area contributed by atoms with E-state index >= 15 is 0 Å². The molecule has 0 bridgehead atoms. The summed E-state index contributed by atoms with van der Waals surface area (Å²) in [5.74, 6) is 0. The number of nitrogens with zero attached hydrogens (tertiary/aromatic N) is 3. The lowest BCUT2D eigenvalue weighted by molar-refractivity contribution is 0.731. The Morgan fingerprint density at radius 3 is 2.86 bits per heavy atom. The van der Waals surface area contributed by atoms with E-state index in [1.165, 1.54) is 10.9 Å². The van der Waals surface area contributed by atoms with Crippen LogP contribution < -0.4 is 5.56 Å². The Morgan fingerprint density at radius 1 is 1.33 bits per heavy atom. The highest BCUT2D eigenvalue weighted by Crippen LogP contribution is 2.24. The number of fused-ring (bicyclic) bond motifs is 1. The number of hydrogen-bond acceptors (Lipinski definition) is 4. The molecule has 0 fully saturated rings. The van der Waals surface area contributed by atoms with Crippen LogP contribution in [-0.2, 0) is 13.0 Å². The molecule has 0 amide bonds. The number of halogens is 2. The van der Waals surface area contributed by atoms with Crippen LogP contribution in [0.5, 0.6) is 0 Å².